The number of aromatic amines is 1. The van der Waals surface area contributed by atoms with E-state index in [1.807, 2.05) is 34.1 Å². The summed E-state index contributed by atoms with van der Waals surface area (Å²) in [6.45, 7) is 3.12. The van der Waals surface area contributed by atoms with Gasteiger partial charge in [-0.15, -0.1) is 0 Å². The number of ether oxygens (including phenoxy) is 1. The number of likely N-dealkylation sites (tertiary alicyclic amines) is 1. The first-order valence-electron chi connectivity index (χ1n) is 16.0. The number of fused-ring (bicyclic) bond motifs is 5. The Bertz CT molecular complexity index is 1450. The topological polar surface area (TPSA) is 94.7 Å². The number of nitrogens with one attached hydrogen (secondary N) is 2. The second-order valence-corrected chi connectivity index (χ2v) is 12.4. The number of carbonyl (C=O) groups is 3. The molecule has 3 amide bonds. The number of rotatable bonds is 10. The lowest BCUT2D eigenvalue weighted by Crippen LogP contribution is -2.66. The Morgan fingerprint density at radius 2 is 1.79 bits per heavy atom. The first-order valence-corrected chi connectivity index (χ1v) is 16.0. The number of carbonyl (C=O) groups excluding carboxylic acids is 3. The summed E-state index contributed by atoms with van der Waals surface area (Å²) in [7, 11) is 1.64. The van der Waals surface area contributed by atoms with Crippen molar-refractivity contribution in [1.29, 1.82) is 0 Å². The summed E-state index contributed by atoms with van der Waals surface area (Å²) in [4.78, 5) is 50.0. The van der Waals surface area contributed by atoms with E-state index in [0.29, 0.717) is 32.5 Å². The predicted octanol–water partition coefficient (Wildman–Crippen LogP) is 4.57. The van der Waals surface area contributed by atoms with Crippen molar-refractivity contribution in [2.45, 2.75) is 63.3 Å². The molecule has 2 fully saturated rings. The van der Waals surface area contributed by atoms with E-state index >= 15 is 0 Å². The zero-order chi connectivity index (χ0) is 29.8. The van der Waals surface area contributed by atoms with E-state index in [4.69, 9.17) is 4.74 Å². The number of hydrogen-bond acceptors (Lipinski definition) is 4. The minimum absolute atomic E-state index is 0.00731. The van der Waals surface area contributed by atoms with Crippen molar-refractivity contribution in [3.8, 4) is 0 Å². The van der Waals surface area contributed by atoms with E-state index in [-0.39, 0.29) is 24.1 Å². The summed E-state index contributed by atoms with van der Waals surface area (Å²) in [5, 5.41) is 4.13. The third-order valence-electron chi connectivity index (χ3n) is 9.91. The molecule has 228 valence electrons. The molecule has 43 heavy (non-hydrogen) atoms. The SMILES string of the molecule is COCCCNC(=O)CC1C[C@H](C(=O)N2CCCCC2)[C@@]2(CCc3ccccc3)c3[nH]c4ccccc4c3CCN2C1=O. The summed E-state index contributed by atoms with van der Waals surface area (Å²) in [5.41, 5.74) is 3.66. The fourth-order valence-electron chi connectivity index (χ4n) is 7.82. The van der Waals surface area contributed by atoms with Gasteiger partial charge in [-0.25, -0.2) is 0 Å². The molecule has 0 bridgehead atoms. The van der Waals surface area contributed by atoms with Gasteiger partial charge < -0.3 is 24.8 Å². The van der Waals surface area contributed by atoms with Crippen LogP contribution >= 0.6 is 0 Å². The molecule has 1 aromatic heterocycles. The van der Waals surface area contributed by atoms with Crippen molar-refractivity contribution < 1.29 is 19.1 Å². The lowest BCUT2D eigenvalue weighted by atomic mass is 9.64. The Morgan fingerprint density at radius 1 is 1.02 bits per heavy atom. The number of aromatic nitrogens is 1. The molecule has 0 saturated carbocycles. The van der Waals surface area contributed by atoms with Crippen LogP contribution in [0.4, 0.5) is 0 Å². The number of aryl methyl sites for hydroxylation is 1. The Morgan fingerprint density at radius 3 is 2.58 bits per heavy atom. The van der Waals surface area contributed by atoms with E-state index in [2.05, 4.69) is 40.6 Å². The van der Waals surface area contributed by atoms with Crippen molar-refractivity contribution >= 4 is 28.6 Å². The van der Waals surface area contributed by atoms with Crippen LogP contribution in [0, 0.1) is 11.8 Å². The van der Waals surface area contributed by atoms with Crippen LogP contribution in [0.1, 0.15) is 61.8 Å². The molecule has 2 N–H and O–H groups in total. The standard InChI is InChI=1S/C35H44N4O4/c1-43-22-10-18-36-31(40)24-26-23-29(34(42)38-19-8-3-9-20-38)35(17-15-25-11-4-2-5-12-25)32-28(16-21-39(35)33(26)41)27-13-6-7-14-30(27)37-32/h2,4-7,11-14,26,29,37H,3,8-10,15-24H2,1H3,(H,36,40)/t26?,29-,35+/m1/s1. The molecule has 0 spiro atoms. The molecular weight excluding hydrogens is 540 g/mol. The van der Waals surface area contributed by atoms with Gasteiger partial charge in [0, 0.05) is 68.8 Å². The average Bonchev–Trinajstić information content (AvgIpc) is 3.44. The maximum atomic E-state index is 14.7. The molecule has 3 atom stereocenters. The number of nitrogens with zero attached hydrogens (tertiary/aromatic N) is 2. The van der Waals surface area contributed by atoms with E-state index in [1.165, 1.54) is 16.5 Å². The second-order valence-electron chi connectivity index (χ2n) is 12.4. The summed E-state index contributed by atoms with van der Waals surface area (Å²) >= 11 is 0. The highest BCUT2D eigenvalue weighted by Gasteiger charge is 2.59. The van der Waals surface area contributed by atoms with Crippen LogP contribution in [-0.4, -0.2) is 72.4 Å². The van der Waals surface area contributed by atoms with Gasteiger partial charge in [-0.2, -0.15) is 0 Å². The first-order chi connectivity index (χ1) is 21.0. The number of methoxy groups -OCH3 is 1. The largest absolute Gasteiger partial charge is 0.385 e. The molecule has 3 aliphatic heterocycles. The lowest BCUT2D eigenvalue weighted by molar-refractivity contribution is -0.167. The van der Waals surface area contributed by atoms with E-state index < -0.39 is 17.4 Å². The average molecular weight is 585 g/mol. The van der Waals surface area contributed by atoms with Gasteiger partial charge in [0.25, 0.3) is 0 Å². The molecule has 0 radical (unpaired) electrons. The summed E-state index contributed by atoms with van der Waals surface area (Å²) in [6, 6.07) is 18.7. The Hall–Kier alpha value is -3.65. The monoisotopic (exact) mass is 584 g/mol. The van der Waals surface area contributed by atoms with Gasteiger partial charge in [0.2, 0.25) is 17.7 Å². The molecule has 4 heterocycles. The zero-order valence-corrected chi connectivity index (χ0v) is 25.3. The fourth-order valence-corrected chi connectivity index (χ4v) is 7.82. The van der Waals surface area contributed by atoms with E-state index in [1.54, 1.807) is 7.11 Å². The number of hydrogen-bond donors (Lipinski definition) is 2. The van der Waals surface area contributed by atoms with Gasteiger partial charge in [-0.05, 0) is 68.6 Å². The van der Waals surface area contributed by atoms with Crippen molar-refractivity contribution in [3.05, 3.63) is 71.4 Å². The van der Waals surface area contributed by atoms with Crippen LogP contribution in [0.3, 0.4) is 0 Å². The van der Waals surface area contributed by atoms with Gasteiger partial charge in [0.15, 0.2) is 0 Å². The zero-order valence-electron chi connectivity index (χ0n) is 25.3. The smallest absolute Gasteiger partial charge is 0.228 e. The third-order valence-corrected chi connectivity index (χ3v) is 9.91. The highest BCUT2D eigenvalue weighted by molar-refractivity contribution is 5.93. The van der Waals surface area contributed by atoms with Gasteiger partial charge in [0.05, 0.1) is 11.5 Å². The highest BCUT2D eigenvalue weighted by Crippen LogP contribution is 2.52. The maximum absolute atomic E-state index is 14.7. The maximum Gasteiger partial charge on any atom is 0.228 e. The number of benzene rings is 2. The predicted molar refractivity (Wildman–Crippen MR) is 166 cm³/mol. The second kappa shape index (κ2) is 12.9. The first kappa shape index (κ1) is 29.4. The van der Waals surface area contributed by atoms with E-state index in [0.717, 1.165) is 62.8 Å². The molecule has 2 saturated heterocycles. The molecule has 6 rings (SSSR count). The number of H-pyrrole nitrogens is 1. The van der Waals surface area contributed by atoms with Crippen molar-refractivity contribution in [2.24, 2.45) is 11.8 Å². The summed E-state index contributed by atoms with van der Waals surface area (Å²) in [6.07, 6.45) is 6.44. The Kier molecular flexibility index (Phi) is 8.84. The van der Waals surface area contributed by atoms with E-state index in [9.17, 15) is 14.4 Å². The van der Waals surface area contributed by atoms with Crippen LogP contribution in [0.25, 0.3) is 10.9 Å². The lowest BCUT2D eigenvalue weighted by Gasteiger charge is -2.56. The number of amides is 3. The van der Waals surface area contributed by atoms with Gasteiger partial charge in [-0.3, -0.25) is 14.4 Å². The summed E-state index contributed by atoms with van der Waals surface area (Å²) < 4.78 is 5.11. The molecule has 3 aromatic rings. The van der Waals surface area contributed by atoms with Gasteiger partial charge >= 0.3 is 0 Å². The minimum Gasteiger partial charge on any atom is -0.385 e. The fraction of sp³-hybridized carbons (Fsp3) is 0.514. The quantitative estimate of drug-likeness (QED) is 0.342. The van der Waals surface area contributed by atoms with Gasteiger partial charge in [-0.1, -0.05) is 48.5 Å². The van der Waals surface area contributed by atoms with Crippen LogP contribution in [0.5, 0.6) is 0 Å². The molecule has 8 nitrogen and oxygen atoms in total. The minimum atomic E-state index is -0.806. The number of piperidine rings is 2. The number of para-hydroxylation sites is 1. The Labute approximate surface area is 254 Å². The van der Waals surface area contributed by atoms with Crippen molar-refractivity contribution in [3.63, 3.8) is 0 Å². The van der Waals surface area contributed by atoms with Crippen LogP contribution < -0.4 is 5.32 Å². The molecule has 0 aliphatic carbocycles. The normalized spacial score (nSPS) is 23.6. The van der Waals surface area contributed by atoms with Crippen LogP contribution in [0.2, 0.25) is 0 Å². The molecule has 2 aromatic carbocycles. The van der Waals surface area contributed by atoms with Crippen molar-refractivity contribution in [1.82, 2.24) is 20.1 Å². The molecular formula is C35H44N4O4. The Balaban J connectivity index is 1.42. The van der Waals surface area contributed by atoms with Crippen molar-refractivity contribution in [2.75, 3.05) is 39.9 Å². The summed E-state index contributed by atoms with van der Waals surface area (Å²) in [5.74, 6) is -0.990. The molecule has 1 unspecified atom stereocenters. The third kappa shape index (κ3) is 5.69. The highest BCUT2D eigenvalue weighted by atomic mass is 16.5. The van der Waals surface area contributed by atoms with Crippen LogP contribution in [-0.2, 0) is 37.5 Å². The molecule has 8 heteroatoms. The van der Waals surface area contributed by atoms with Gasteiger partial charge in [0.1, 0.15) is 0 Å². The molecule has 3 aliphatic rings. The van der Waals surface area contributed by atoms with Crippen LogP contribution in [0.15, 0.2) is 54.6 Å².